The number of nitrogens with zero attached hydrogens (tertiary/aromatic N) is 2. The Morgan fingerprint density at radius 3 is 2.68 bits per heavy atom. The van der Waals surface area contributed by atoms with Gasteiger partial charge in [0.15, 0.2) is 10.8 Å². The molecule has 0 N–H and O–H groups in total. The molecule has 148 valence electrons. The minimum absolute atomic E-state index is 0.0108. The minimum Gasteiger partial charge on any atom is -0.462 e. The quantitative estimate of drug-likeness (QED) is 0.515. The maximum absolute atomic E-state index is 12.6. The van der Waals surface area contributed by atoms with E-state index in [4.69, 9.17) is 9.15 Å². The average Bonchev–Trinajstić information content (AvgIpc) is 3.38. The second-order valence-corrected chi connectivity index (χ2v) is 8.61. The Hall–Kier alpha value is -2.49. The monoisotopic (exact) mass is 420 g/mol. The summed E-state index contributed by atoms with van der Waals surface area (Å²) in [6.45, 7) is 4.24. The van der Waals surface area contributed by atoms with Crippen molar-refractivity contribution < 1.29 is 22.4 Å². The summed E-state index contributed by atoms with van der Waals surface area (Å²) in [6, 6.07) is 9.45. The van der Waals surface area contributed by atoms with Crippen LogP contribution in [0.25, 0.3) is 10.8 Å². The average molecular weight is 421 g/mol. The molecule has 3 aromatic rings. The summed E-state index contributed by atoms with van der Waals surface area (Å²) in [5, 5.41) is 2.48. The molecule has 2 aromatic heterocycles. The maximum Gasteiger partial charge on any atom is 0.338 e. The van der Waals surface area contributed by atoms with Crippen LogP contribution < -0.4 is 0 Å². The van der Waals surface area contributed by atoms with E-state index >= 15 is 0 Å². The summed E-state index contributed by atoms with van der Waals surface area (Å²) in [6.07, 6.45) is 1.57. The van der Waals surface area contributed by atoms with Crippen LogP contribution in [0, 0.1) is 0 Å². The van der Waals surface area contributed by atoms with E-state index in [-0.39, 0.29) is 17.1 Å². The van der Waals surface area contributed by atoms with E-state index in [1.54, 1.807) is 37.6 Å². The van der Waals surface area contributed by atoms with Crippen LogP contribution in [0.4, 0.5) is 0 Å². The van der Waals surface area contributed by atoms with Crippen molar-refractivity contribution in [1.29, 1.82) is 0 Å². The van der Waals surface area contributed by atoms with Crippen molar-refractivity contribution in [3.63, 3.8) is 0 Å². The standard InChI is InChI=1S/C19H20N2O5S2/c1-3-21(4-2)28(23,24)16-8-5-7-14(11-16)19(22)26-12-15-13-27-18(20-15)17-9-6-10-25-17/h5-11,13H,3-4,12H2,1-2H3. The van der Waals surface area contributed by atoms with E-state index in [0.29, 0.717) is 29.6 Å². The number of rotatable bonds is 8. The molecule has 1 aromatic carbocycles. The van der Waals surface area contributed by atoms with Gasteiger partial charge in [0.25, 0.3) is 0 Å². The summed E-state index contributed by atoms with van der Waals surface area (Å²) < 4.78 is 37.2. The first-order chi connectivity index (χ1) is 13.5. The summed E-state index contributed by atoms with van der Waals surface area (Å²) in [4.78, 5) is 16.8. The number of hydrogen-bond acceptors (Lipinski definition) is 7. The van der Waals surface area contributed by atoms with Gasteiger partial charge in [-0.15, -0.1) is 11.3 Å². The van der Waals surface area contributed by atoms with Gasteiger partial charge in [-0.1, -0.05) is 19.9 Å². The van der Waals surface area contributed by atoms with Crippen molar-refractivity contribution in [2.45, 2.75) is 25.3 Å². The summed E-state index contributed by atoms with van der Waals surface area (Å²) in [7, 11) is -3.64. The third-order valence-corrected chi connectivity index (χ3v) is 7.00. The number of carbonyl (C=O) groups is 1. The van der Waals surface area contributed by atoms with Crippen molar-refractivity contribution in [3.05, 3.63) is 59.3 Å². The number of benzene rings is 1. The molecule has 2 heterocycles. The lowest BCUT2D eigenvalue weighted by molar-refractivity contribution is 0.0468. The SMILES string of the molecule is CCN(CC)S(=O)(=O)c1cccc(C(=O)OCc2csc(-c3ccco3)n2)c1. The second-order valence-electron chi connectivity index (χ2n) is 5.81. The molecule has 0 saturated heterocycles. The zero-order valence-electron chi connectivity index (χ0n) is 15.5. The second kappa shape index (κ2) is 8.68. The van der Waals surface area contributed by atoms with E-state index in [2.05, 4.69) is 4.98 Å². The number of esters is 1. The third-order valence-electron chi connectivity index (χ3n) is 4.05. The van der Waals surface area contributed by atoms with Crippen LogP contribution in [-0.2, 0) is 21.4 Å². The molecule has 0 aliphatic heterocycles. The number of hydrogen-bond donors (Lipinski definition) is 0. The molecule has 0 unspecified atom stereocenters. The van der Waals surface area contributed by atoms with E-state index in [9.17, 15) is 13.2 Å². The molecule has 0 aliphatic carbocycles. The molecule has 0 atom stereocenters. The number of ether oxygens (including phenoxy) is 1. The molecule has 7 nitrogen and oxygen atoms in total. The van der Waals surface area contributed by atoms with Crippen LogP contribution in [0.1, 0.15) is 29.9 Å². The fraction of sp³-hybridized carbons (Fsp3) is 0.263. The van der Waals surface area contributed by atoms with Crippen molar-refractivity contribution in [2.75, 3.05) is 13.1 Å². The Bertz CT molecular complexity index is 1040. The summed E-state index contributed by atoms with van der Waals surface area (Å²) >= 11 is 1.39. The van der Waals surface area contributed by atoms with Gasteiger partial charge in [0, 0.05) is 18.5 Å². The zero-order chi connectivity index (χ0) is 20.1. The van der Waals surface area contributed by atoms with Crippen molar-refractivity contribution in [3.8, 4) is 10.8 Å². The molecule has 0 saturated carbocycles. The Morgan fingerprint density at radius 2 is 2.00 bits per heavy atom. The highest BCUT2D eigenvalue weighted by Gasteiger charge is 2.23. The van der Waals surface area contributed by atoms with Gasteiger partial charge in [-0.3, -0.25) is 0 Å². The highest BCUT2D eigenvalue weighted by Crippen LogP contribution is 2.24. The third kappa shape index (κ3) is 4.32. The van der Waals surface area contributed by atoms with Crippen LogP contribution in [-0.4, -0.2) is 36.8 Å². The summed E-state index contributed by atoms with van der Waals surface area (Å²) in [5.41, 5.74) is 0.770. The molecule has 0 bridgehead atoms. The fourth-order valence-corrected chi connectivity index (χ4v) is 4.88. The molecule has 0 spiro atoms. The molecule has 9 heteroatoms. The Balaban J connectivity index is 1.70. The maximum atomic E-state index is 12.6. The molecular formula is C19H20N2O5S2. The fourth-order valence-electron chi connectivity index (χ4n) is 2.61. The van der Waals surface area contributed by atoms with Crippen molar-refractivity contribution in [2.24, 2.45) is 0 Å². The molecule has 3 rings (SSSR count). The highest BCUT2D eigenvalue weighted by molar-refractivity contribution is 7.89. The van der Waals surface area contributed by atoms with E-state index in [1.807, 2.05) is 0 Å². The number of furan rings is 1. The predicted molar refractivity (Wildman–Crippen MR) is 105 cm³/mol. The Labute approximate surface area is 167 Å². The van der Waals surface area contributed by atoms with E-state index < -0.39 is 16.0 Å². The predicted octanol–water partition coefficient (Wildman–Crippen LogP) is 3.79. The minimum atomic E-state index is -3.64. The van der Waals surface area contributed by atoms with Gasteiger partial charge in [-0.05, 0) is 30.3 Å². The van der Waals surface area contributed by atoms with Gasteiger partial charge >= 0.3 is 5.97 Å². The Morgan fingerprint density at radius 1 is 1.21 bits per heavy atom. The largest absolute Gasteiger partial charge is 0.462 e. The number of thiazole rings is 1. The first kappa shape index (κ1) is 20.2. The van der Waals surface area contributed by atoms with Gasteiger partial charge in [0.05, 0.1) is 22.4 Å². The van der Waals surface area contributed by atoms with Crippen LogP contribution in [0.3, 0.4) is 0 Å². The van der Waals surface area contributed by atoms with Crippen molar-refractivity contribution in [1.82, 2.24) is 9.29 Å². The Kier molecular flexibility index (Phi) is 6.28. The normalized spacial score (nSPS) is 11.7. The van der Waals surface area contributed by atoms with Crippen LogP contribution in [0.15, 0.2) is 57.4 Å². The lowest BCUT2D eigenvalue weighted by Gasteiger charge is -2.18. The van der Waals surface area contributed by atoms with Gasteiger partial charge < -0.3 is 9.15 Å². The van der Waals surface area contributed by atoms with Gasteiger partial charge in [-0.2, -0.15) is 4.31 Å². The molecule has 0 aliphatic rings. The van der Waals surface area contributed by atoms with Crippen LogP contribution in [0.5, 0.6) is 0 Å². The van der Waals surface area contributed by atoms with Gasteiger partial charge in [-0.25, -0.2) is 18.2 Å². The number of carbonyl (C=O) groups excluding carboxylic acids is 1. The molecule has 0 amide bonds. The van der Waals surface area contributed by atoms with Gasteiger partial charge in [0.2, 0.25) is 10.0 Å². The highest BCUT2D eigenvalue weighted by atomic mass is 32.2. The topological polar surface area (TPSA) is 89.7 Å². The van der Waals surface area contributed by atoms with E-state index in [1.165, 1.54) is 39.9 Å². The van der Waals surface area contributed by atoms with Gasteiger partial charge in [0.1, 0.15) is 6.61 Å². The lowest BCUT2D eigenvalue weighted by atomic mass is 10.2. The van der Waals surface area contributed by atoms with Crippen molar-refractivity contribution >= 4 is 27.3 Å². The molecule has 28 heavy (non-hydrogen) atoms. The lowest BCUT2D eigenvalue weighted by Crippen LogP contribution is -2.30. The van der Waals surface area contributed by atoms with E-state index in [0.717, 1.165) is 0 Å². The smallest absolute Gasteiger partial charge is 0.338 e. The molecular weight excluding hydrogens is 400 g/mol. The first-order valence-corrected chi connectivity index (χ1v) is 11.0. The first-order valence-electron chi connectivity index (χ1n) is 8.71. The number of aromatic nitrogens is 1. The molecule has 0 fully saturated rings. The van der Waals surface area contributed by atoms with Crippen LogP contribution >= 0.6 is 11.3 Å². The zero-order valence-corrected chi connectivity index (χ0v) is 17.1. The number of sulfonamides is 1. The summed E-state index contributed by atoms with van der Waals surface area (Å²) in [5.74, 6) is 0.0426. The molecule has 0 radical (unpaired) electrons. The van der Waals surface area contributed by atoms with Crippen LogP contribution in [0.2, 0.25) is 0 Å².